The second kappa shape index (κ2) is 7.30. The lowest BCUT2D eigenvalue weighted by atomic mass is 9.91. The van der Waals surface area contributed by atoms with Crippen molar-refractivity contribution in [2.45, 2.75) is 58.0 Å². The molecule has 0 amide bonds. The molecule has 0 unspecified atom stereocenters. The zero-order chi connectivity index (χ0) is 11.7. The van der Waals surface area contributed by atoms with Crippen molar-refractivity contribution in [3.8, 4) is 11.8 Å². The van der Waals surface area contributed by atoms with Crippen molar-refractivity contribution in [1.82, 2.24) is 0 Å². The molecule has 0 saturated carbocycles. The predicted molar refractivity (Wildman–Crippen MR) is 59.4 cm³/mol. The zero-order valence-corrected chi connectivity index (χ0v) is 9.55. The number of carboxylic acid groups (broad SMARTS) is 1. The lowest BCUT2D eigenvalue weighted by molar-refractivity contribution is -0.130. The Hall–Kier alpha value is -1.01. The van der Waals surface area contributed by atoms with Gasteiger partial charge in [0.25, 0.3) is 0 Å². The summed E-state index contributed by atoms with van der Waals surface area (Å²) in [5.41, 5.74) is -1.11. The third kappa shape index (κ3) is 6.98. The monoisotopic (exact) mass is 212 g/mol. The summed E-state index contributed by atoms with van der Waals surface area (Å²) in [7, 11) is 0. The molecule has 0 aliphatic heterocycles. The molecule has 0 spiro atoms. The Morgan fingerprint density at radius 1 is 1.20 bits per heavy atom. The molecule has 0 radical (unpaired) electrons. The number of hydrogen-bond donors (Lipinski definition) is 2. The Morgan fingerprint density at radius 3 is 2.00 bits per heavy atom. The van der Waals surface area contributed by atoms with E-state index in [4.69, 9.17) is 5.11 Å². The van der Waals surface area contributed by atoms with Crippen LogP contribution in [0, 0.1) is 11.8 Å². The Labute approximate surface area is 91.5 Å². The van der Waals surface area contributed by atoms with Gasteiger partial charge in [0.05, 0.1) is 0 Å². The number of aliphatic carboxylic acids is 1. The van der Waals surface area contributed by atoms with E-state index in [0.29, 0.717) is 12.8 Å². The average molecular weight is 212 g/mol. The van der Waals surface area contributed by atoms with Crippen LogP contribution in [0.25, 0.3) is 0 Å². The van der Waals surface area contributed by atoms with Gasteiger partial charge >= 0.3 is 5.97 Å². The molecule has 0 saturated heterocycles. The number of carboxylic acids is 1. The van der Waals surface area contributed by atoms with Crippen LogP contribution in [0.15, 0.2) is 0 Å². The van der Waals surface area contributed by atoms with Crippen LogP contribution in [0.3, 0.4) is 0 Å². The molecule has 0 aromatic carbocycles. The highest BCUT2D eigenvalue weighted by Gasteiger charge is 2.22. The van der Waals surface area contributed by atoms with Crippen molar-refractivity contribution < 1.29 is 15.0 Å². The van der Waals surface area contributed by atoms with Crippen molar-refractivity contribution in [3.63, 3.8) is 0 Å². The first-order chi connectivity index (χ1) is 7.04. The van der Waals surface area contributed by atoms with Crippen molar-refractivity contribution in [2.75, 3.05) is 0 Å². The fourth-order valence-corrected chi connectivity index (χ4v) is 1.36. The van der Waals surface area contributed by atoms with E-state index < -0.39 is 11.6 Å². The third-order valence-electron chi connectivity index (χ3n) is 2.29. The van der Waals surface area contributed by atoms with Crippen LogP contribution in [0.2, 0.25) is 0 Å². The Balaban J connectivity index is 4.41. The summed E-state index contributed by atoms with van der Waals surface area (Å²) in [5, 5.41) is 18.5. The van der Waals surface area contributed by atoms with E-state index >= 15 is 0 Å². The van der Waals surface area contributed by atoms with E-state index in [1.54, 1.807) is 0 Å². The largest absolute Gasteiger partial charge is 0.472 e. The van der Waals surface area contributed by atoms with Gasteiger partial charge in [-0.2, -0.15) is 0 Å². The topological polar surface area (TPSA) is 57.5 Å². The van der Waals surface area contributed by atoms with Gasteiger partial charge < -0.3 is 10.2 Å². The Morgan fingerprint density at radius 2 is 1.67 bits per heavy atom. The van der Waals surface area contributed by atoms with Crippen molar-refractivity contribution in [2.24, 2.45) is 0 Å². The maximum Gasteiger partial charge on any atom is 0.382 e. The van der Waals surface area contributed by atoms with E-state index in [2.05, 4.69) is 5.92 Å². The number of rotatable bonds is 6. The highest BCUT2D eigenvalue weighted by atomic mass is 16.4. The van der Waals surface area contributed by atoms with Crippen molar-refractivity contribution >= 4 is 5.97 Å². The normalized spacial score (nSPS) is 10.6. The molecule has 0 heterocycles. The molecule has 3 heteroatoms. The highest BCUT2D eigenvalue weighted by Crippen LogP contribution is 2.20. The van der Waals surface area contributed by atoms with Gasteiger partial charge in [-0.25, -0.2) is 4.79 Å². The molecule has 0 aliphatic carbocycles. The second-order valence-corrected chi connectivity index (χ2v) is 3.79. The first-order valence-electron chi connectivity index (χ1n) is 5.52. The molecule has 0 bridgehead atoms. The van der Waals surface area contributed by atoms with Crippen LogP contribution in [0.4, 0.5) is 0 Å². The number of carbonyl (C=O) groups is 1. The lowest BCUT2D eigenvalue weighted by Crippen LogP contribution is -2.26. The molecule has 2 N–H and O–H groups in total. The summed E-state index contributed by atoms with van der Waals surface area (Å²) in [6.07, 6.45) is 4.81. The lowest BCUT2D eigenvalue weighted by Gasteiger charge is -2.21. The van der Waals surface area contributed by atoms with Gasteiger partial charge in [-0.15, -0.1) is 0 Å². The number of aliphatic hydroxyl groups is 1. The minimum absolute atomic E-state index is 0.559. The molecule has 86 valence electrons. The van der Waals surface area contributed by atoms with Gasteiger partial charge in [-0.05, 0) is 25.7 Å². The Kier molecular flexibility index (Phi) is 6.81. The van der Waals surface area contributed by atoms with E-state index in [1.165, 1.54) is 0 Å². The predicted octanol–water partition coefficient (Wildman–Crippen LogP) is 2.19. The third-order valence-corrected chi connectivity index (χ3v) is 2.29. The summed E-state index contributed by atoms with van der Waals surface area (Å²) in [6.45, 7) is 4.07. The minimum Gasteiger partial charge on any atom is -0.472 e. The first-order valence-corrected chi connectivity index (χ1v) is 5.52. The van der Waals surface area contributed by atoms with Crippen LogP contribution in [-0.2, 0) is 4.79 Å². The molecule has 0 aliphatic rings. The molecular formula is C12H20O3. The van der Waals surface area contributed by atoms with Crippen LogP contribution in [0.1, 0.15) is 52.4 Å². The molecular weight excluding hydrogens is 192 g/mol. The highest BCUT2D eigenvalue weighted by molar-refractivity contribution is 5.86. The van der Waals surface area contributed by atoms with Gasteiger partial charge in [0.2, 0.25) is 0 Å². The molecule has 15 heavy (non-hydrogen) atoms. The van der Waals surface area contributed by atoms with Gasteiger partial charge in [0.15, 0.2) is 0 Å². The minimum atomic E-state index is -1.18. The SMILES string of the molecule is CCCCC(O)(C#CC(=O)O)CCCC. The molecule has 0 aromatic heterocycles. The fraction of sp³-hybridized carbons (Fsp3) is 0.750. The fourth-order valence-electron chi connectivity index (χ4n) is 1.36. The summed E-state index contributed by atoms with van der Waals surface area (Å²) >= 11 is 0. The first kappa shape index (κ1) is 14.0. The summed E-state index contributed by atoms with van der Waals surface area (Å²) in [5.74, 6) is 3.31. The molecule has 0 fully saturated rings. The molecule has 0 rings (SSSR count). The summed E-state index contributed by atoms with van der Waals surface area (Å²) in [6, 6.07) is 0. The van der Waals surface area contributed by atoms with E-state index in [1.807, 2.05) is 19.8 Å². The van der Waals surface area contributed by atoms with E-state index in [-0.39, 0.29) is 0 Å². The zero-order valence-electron chi connectivity index (χ0n) is 9.55. The molecule has 0 aromatic rings. The quantitative estimate of drug-likeness (QED) is 0.663. The van der Waals surface area contributed by atoms with Gasteiger partial charge in [0.1, 0.15) is 5.60 Å². The van der Waals surface area contributed by atoms with Gasteiger partial charge in [-0.3, -0.25) is 0 Å². The van der Waals surface area contributed by atoms with Crippen molar-refractivity contribution in [3.05, 3.63) is 0 Å². The van der Waals surface area contributed by atoms with Gasteiger partial charge in [-0.1, -0.05) is 32.6 Å². The number of unbranched alkanes of at least 4 members (excludes halogenated alkanes) is 2. The standard InChI is InChI=1S/C12H20O3/c1-3-5-8-12(15,9-6-4-2)10-7-11(13)14/h15H,3-6,8-9H2,1-2H3,(H,13,14). The maximum absolute atomic E-state index is 10.3. The summed E-state index contributed by atoms with van der Waals surface area (Å²) < 4.78 is 0. The van der Waals surface area contributed by atoms with Crippen LogP contribution < -0.4 is 0 Å². The van der Waals surface area contributed by atoms with Crippen LogP contribution in [-0.4, -0.2) is 21.8 Å². The van der Waals surface area contributed by atoms with Gasteiger partial charge in [0, 0.05) is 5.92 Å². The Bertz CT molecular complexity index is 239. The number of hydrogen-bond acceptors (Lipinski definition) is 2. The molecule has 0 atom stereocenters. The average Bonchev–Trinajstić information content (AvgIpc) is 2.21. The van der Waals surface area contributed by atoms with Crippen molar-refractivity contribution in [1.29, 1.82) is 0 Å². The molecule has 3 nitrogen and oxygen atoms in total. The van der Waals surface area contributed by atoms with E-state index in [0.717, 1.165) is 25.7 Å². The smallest absolute Gasteiger partial charge is 0.382 e. The second-order valence-electron chi connectivity index (χ2n) is 3.79. The van der Waals surface area contributed by atoms with E-state index in [9.17, 15) is 9.90 Å². The van der Waals surface area contributed by atoms with Crippen LogP contribution in [0.5, 0.6) is 0 Å². The van der Waals surface area contributed by atoms with Crippen LogP contribution >= 0.6 is 0 Å². The summed E-state index contributed by atoms with van der Waals surface area (Å²) in [4.78, 5) is 10.3. The maximum atomic E-state index is 10.3.